The highest BCUT2D eigenvalue weighted by Gasteiger charge is 2.13. The van der Waals surface area contributed by atoms with E-state index >= 15 is 0 Å². The first-order chi connectivity index (χ1) is 13.7. The first-order valence-corrected chi connectivity index (χ1v) is 9.69. The Balaban J connectivity index is 1.68. The molecule has 0 saturated carbocycles. The standard InChI is InChI=1S/C20H17ClN4O2S/c1-26-15-4-3-12(9-16(15)27-2)11-23-19-14-10-17(21)28-20(14)25-18(24-19)13-5-7-22-8-6-13/h3-10H,11H2,1-2H3,(H,23,24,25). The minimum absolute atomic E-state index is 0.565. The summed E-state index contributed by atoms with van der Waals surface area (Å²) in [5.74, 6) is 2.74. The molecular formula is C20H17ClN4O2S. The second-order valence-corrected chi connectivity index (χ2v) is 7.61. The smallest absolute Gasteiger partial charge is 0.163 e. The van der Waals surface area contributed by atoms with Gasteiger partial charge in [-0.25, -0.2) is 9.97 Å². The molecule has 0 aliphatic carbocycles. The van der Waals surface area contributed by atoms with Crippen molar-refractivity contribution in [3.8, 4) is 22.9 Å². The first-order valence-electron chi connectivity index (χ1n) is 8.50. The summed E-state index contributed by atoms with van der Waals surface area (Å²) in [6.07, 6.45) is 3.45. The van der Waals surface area contributed by atoms with Crippen LogP contribution >= 0.6 is 22.9 Å². The van der Waals surface area contributed by atoms with Gasteiger partial charge in [0, 0.05) is 24.5 Å². The second-order valence-electron chi connectivity index (χ2n) is 5.94. The number of nitrogens with one attached hydrogen (secondary N) is 1. The molecule has 3 aromatic heterocycles. The molecule has 1 aromatic carbocycles. The van der Waals surface area contributed by atoms with Gasteiger partial charge in [-0.05, 0) is 35.9 Å². The highest BCUT2D eigenvalue weighted by molar-refractivity contribution is 7.22. The average molecular weight is 413 g/mol. The summed E-state index contributed by atoms with van der Waals surface area (Å²) >= 11 is 7.66. The minimum atomic E-state index is 0.565. The van der Waals surface area contributed by atoms with Crippen LogP contribution < -0.4 is 14.8 Å². The number of aromatic nitrogens is 3. The van der Waals surface area contributed by atoms with Gasteiger partial charge >= 0.3 is 0 Å². The van der Waals surface area contributed by atoms with Crippen molar-refractivity contribution in [1.29, 1.82) is 0 Å². The number of hydrogen-bond acceptors (Lipinski definition) is 7. The van der Waals surface area contributed by atoms with Crippen LogP contribution in [0.3, 0.4) is 0 Å². The van der Waals surface area contributed by atoms with Gasteiger partial charge < -0.3 is 14.8 Å². The monoisotopic (exact) mass is 412 g/mol. The Kier molecular flexibility index (Phi) is 5.27. The summed E-state index contributed by atoms with van der Waals surface area (Å²) in [4.78, 5) is 14.3. The molecule has 0 unspecified atom stereocenters. The fourth-order valence-electron chi connectivity index (χ4n) is 2.83. The number of benzene rings is 1. The zero-order chi connectivity index (χ0) is 19.5. The topological polar surface area (TPSA) is 69.2 Å². The Morgan fingerprint density at radius 2 is 1.79 bits per heavy atom. The molecular weight excluding hydrogens is 396 g/mol. The van der Waals surface area contributed by atoms with Crippen LogP contribution in [-0.4, -0.2) is 29.2 Å². The number of rotatable bonds is 6. The van der Waals surface area contributed by atoms with Crippen LogP contribution in [0.1, 0.15) is 5.56 Å². The highest BCUT2D eigenvalue weighted by Crippen LogP contribution is 2.34. The van der Waals surface area contributed by atoms with Gasteiger partial charge in [0.25, 0.3) is 0 Å². The van der Waals surface area contributed by atoms with E-state index in [-0.39, 0.29) is 0 Å². The van der Waals surface area contributed by atoms with Crippen LogP contribution in [0.5, 0.6) is 11.5 Å². The van der Waals surface area contributed by atoms with Crippen molar-refractivity contribution in [1.82, 2.24) is 15.0 Å². The third kappa shape index (κ3) is 3.72. The van der Waals surface area contributed by atoms with Crippen molar-refractivity contribution in [3.05, 3.63) is 58.7 Å². The Labute approximate surface area is 171 Å². The van der Waals surface area contributed by atoms with E-state index in [2.05, 4.69) is 15.3 Å². The van der Waals surface area contributed by atoms with E-state index in [1.54, 1.807) is 26.6 Å². The number of pyridine rings is 1. The number of nitrogens with zero attached hydrogens (tertiary/aromatic N) is 3. The van der Waals surface area contributed by atoms with Crippen LogP contribution in [0.4, 0.5) is 5.82 Å². The molecule has 8 heteroatoms. The van der Waals surface area contributed by atoms with Gasteiger partial charge in [0.05, 0.1) is 23.9 Å². The summed E-state index contributed by atoms with van der Waals surface area (Å²) in [5, 5.41) is 4.30. The number of halogens is 1. The van der Waals surface area contributed by atoms with Crippen molar-refractivity contribution >= 4 is 39.0 Å². The maximum atomic E-state index is 6.23. The van der Waals surface area contributed by atoms with E-state index in [1.165, 1.54) is 11.3 Å². The maximum Gasteiger partial charge on any atom is 0.163 e. The molecule has 0 spiro atoms. The number of thiophene rings is 1. The number of fused-ring (bicyclic) bond motifs is 1. The fourth-order valence-corrected chi connectivity index (χ4v) is 3.92. The highest BCUT2D eigenvalue weighted by atomic mass is 35.5. The summed E-state index contributed by atoms with van der Waals surface area (Å²) in [5.41, 5.74) is 1.94. The Hall–Kier alpha value is -2.90. The van der Waals surface area contributed by atoms with Crippen molar-refractivity contribution in [2.75, 3.05) is 19.5 Å². The normalized spacial score (nSPS) is 10.8. The van der Waals surface area contributed by atoms with Gasteiger partial charge in [-0.3, -0.25) is 4.98 Å². The van der Waals surface area contributed by atoms with E-state index in [0.29, 0.717) is 28.2 Å². The maximum absolute atomic E-state index is 6.23. The van der Waals surface area contributed by atoms with Gasteiger partial charge in [0.1, 0.15) is 10.6 Å². The molecule has 0 aliphatic heterocycles. The third-order valence-electron chi connectivity index (χ3n) is 4.21. The molecule has 0 atom stereocenters. The molecule has 4 rings (SSSR count). The molecule has 6 nitrogen and oxygen atoms in total. The van der Waals surface area contributed by atoms with Crippen molar-refractivity contribution < 1.29 is 9.47 Å². The quantitative estimate of drug-likeness (QED) is 0.478. The van der Waals surface area contributed by atoms with Crippen LogP contribution in [-0.2, 0) is 6.54 Å². The van der Waals surface area contributed by atoms with Gasteiger partial charge in [0.15, 0.2) is 17.3 Å². The van der Waals surface area contributed by atoms with Crippen LogP contribution in [0, 0.1) is 0 Å². The van der Waals surface area contributed by atoms with Crippen LogP contribution in [0.15, 0.2) is 48.8 Å². The number of anilines is 1. The molecule has 3 heterocycles. The molecule has 1 N–H and O–H groups in total. The molecule has 28 heavy (non-hydrogen) atoms. The summed E-state index contributed by atoms with van der Waals surface area (Å²) in [7, 11) is 3.24. The first kappa shape index (κ1) is 18.5. The molecule has 142 valence electrons. The van der Waals surface area contributed by atoms with E-state index in [9.17, 15) is 0 Å². The SMILES string of the molecule is COc1ccc(CNc2nc(-c3ccncc3)nc3sc(Cl)cc23)cc1OC. The van der Waals surface area contributed by atoms with Crippen LogP contribution in [0.25, 0.3) is 21.6 Å². The van der Waals surface area contributed by atoms with Gasteiger partial charge in [-0.2, -0.15) is 0 Å². The minimum Gasteiger partial charge on any atom is -0.493 e. The lowest BCUT2D eigenvalue weighted by molar-refractivity contribution is 0.354. The molecule has 4 aromatic rings. The Morgan fingerprint density at radius 1 is 1.00 bits per heavy atom. The molecule has 0 amide bonds. The van der Waals surface area contributed by atoms with E-state index in [1.807, 2.05) is 36.4 Å². The van der Waals surface area contributed by atoms with Crippen molar-refractivity contribution in [3.63, 3.8) is 0 Å². The molecule has 0 radical (unpaired) electrons. The average Bonchev–Trinajstić information content (AvgIpc) is 3.12. The lowest BCUT2D eigenvalue weighted by Crippen LogP contribution is -2.04. The van der Waals surface area contributed by atoms with Crippen molar-refractivity contribution in [2.24, 2.45) is 0 Å². The van der Waals surface area contributed by atoms with E-state index < -0.39 is 0 Å². The molecule has 0 fully saturated rings. The number of hydrogen-bond donors (Lipinski definition) is 1. The van der Waals surface area contributed by atoms with Crippen LogP contribution in [0.2, 0.25) is 4.34 Å². The number of methoxy groups -OCH3 is 2. The molecule has 0 aliphatic rings. The summed E-state index contributed by atoms with van der Waals surface area (Å²) < 4.78 is 11.3. The lowest BCUT2D eigenvalue weighted by atomic mass is 10.2. The Bertz CT molecular complexity index is 1120. The predicted octanol–water partition coefficient (Wildman–Crippen LogP) is 5.04. The number of ether oxygens (including phenoxy) is 2. The van der Waals surface area contributed by atoms with E-state index in [4.69, 9.17) is 26.1 Å². The largest absolute Gasteiger partial charge is 0.493 e. The predicted molar refractivity (Wildman–Crippen MR) is 113 cm³/mol. The zero-order valence-electron chi connectivity index (χ0n) is 15.3. The zero-order valence-corrected chi connectivity index (χ0v) is 16.8. The van der Waals surface area contributed by atoms with Gasteiger partial charge in [0.2, 0.25) is 0 Å². The van der Waals surface area contributed by atoms with Gasteiger partial charge in [-0.1, -0.05) is 17.7 Å². The lowest BCUT2D eigenvalue weighted by Gasteiger charge is -2.12. The van der Waals surface area contributed by atoms with Crippen molar-refractivity contribution in [2.45, 2.75) is 6.54 Å². The second kappa shape index (κ2) is 8.00. The fraction of sp³-hybridized carbons (Fsp3) is 0.150. The third-order valence-corrected chi connectivity index (χ3v) is 5.37. The summed E-state index contributed by atoms with van der Waals surface area (Å²) in [6.45, 7) is 0.565. The molecule has 0 saturated heterocycles. The Morgan fingerprint density at radius 3 is 2.54 bits per heavy atom. The summed E-state index contributed by atoms with van der Waals surface area (Å²) in [6, 6.07) is 11.5. The van der Waals surface area contributed by atoms with E-state index in [0.717, 1.165) is 27.2 Å². The van der Waals surface area contributed by atoms with Gasteiger partial charge in [-0.15, -0.1) is 11.3 Å². The molecule has 0 bridgehead atoms.